The number of hydrogen-bond donors (Lipinski definition) is 1. The van der Waals surface area contributed by atoms with Gasteiger partial charge in [0.25, 0.3) is 0 Å². The zero-order chi connectivity index (χ0) is 19.8. The summed E-state index contributed by atoms with van der Waals surface area (Å²) in [5.74, 6) is 1.08. The van der Waals surface area contributed by atoms with Crippen LogP contribution in [0.2, 0.25) is 0 Å². The Bertz CT molecular complexity index is 972. The summed E-state index contributed by atoms with van der Waals surface area (Å²) >= 11 is 0. The van der Waals surface area contributed by atoms with Crippen LogP contribution in [-0.4, -0.2) is 30.1 Å². The number of amides is 1. The third kappa shape index (κ3) is 4.94. The summed E-state index contributed by atoms with van der Waals surface area (Å²) in [5.41, 5.74) is 3.64. The molecule has 28 heavy (non-hydrogen) atoms. The molecule has 6 nitrogen and oxygen atoms in total. The molecule has 1 amide bonds. The van der Waals surface area contributed by atoms with Gasteiger partial charge in [0.05, 0.1) is 19.9 Å². The number of nitrogens with zero attached hydrogens (tertiary/aromatic N) is 2. The first-order chi connectivity index (χ1) is 13.7. The van der Waals surface area contributed by atoms with Gasteiger partial charge < -0.3 is 14.8 Å². The molecule has 0 fully saturated rings. The minimum absolute atomic E-state index is 0.183. The second-order valence-corrected chi connectivity index (χ2v) is 5.95. The van der Waals surface area contributed by atoms with Gasteiger partial charge in [-0.3, -0.25) is 14.8 Å². The van der Waals surface area contributed by atoms with Gasteiger partial charge in [-0.15, -0.1) is 0 Å². The fourth-order valence-electron chi connectivity index (χ4n) is 2.64. The highest BCUT2D eigenvalue weighted by atomic mass is 16.5. The van der Waals surface area contributed by atoms with Crippen LogP contribution in [-0.2, 0) is 11.3 Å². The van der Waals surface area contributed by atoms with Gasteiger partial charge in [0, 0.05) is 36.8 Å². The van der Waals surface area contributed by atoms with E-state index in [1.165, 1.54) is 6.08 Å². The van der Waals surface area contributed by atoms with Gasteiger partial charge in [-0.1, -0.05) is 6.07 Å². The molecule has 3 rings (SSSR count). The average molecular weight is 375 g/mol. The lowest BCUT2D eigenvalue weighted by molar-refractivity contribution is -0.116. The number of benzene rings is 1. The summed E-state index contributed by atoms with van der Waals surface area (Å²) in [5, 5.41) is 2.88. The van der Waals surface area contributed by atoms with Gasteiger partial charge in [0.2, 0.25) is 5.91 Å². The highest BCUT2D eigenvalue weighted by Gasteiger charge is 2.04. The van der Waals surface area contributed by atoms with Crippen LogP contribution in [0.15, 0.2) is 67.1 Å². The van der Waals surface area contributed by atoms with E-state index in [1.807, 2.05) is 36.4 Å². The van der Waals surface area contributed by atoms with Crippen LogP contribution in [0.5, 0.6) is 11.5 Å². The van der Waals surface area contributed by atoms with Crippen molar-refractivity contribution in [1.82, 2.24) is 15.3 Å². The second-order valence-electron chi connectivity index (χ2n) is 5.95. The first kappa shape index (κ1) is 19.1. The molecule has 0 aliphatic rings. The molecule has 1 N–H and O–H groups in total. The summed E-state index contributed by atoms with van der Waals surface area (Å²) < 4.78 is 10.5. The van der Waals surface area contributed by atoms with Gasteiger partial charge in [0.1, 0.15) is 0 Å². The van der Waals surface area contributed by atoms with E-state index in [-0.39, 0.29) is 5.91 Å². The highest BCUT2D eigenvalue weighted by Crippen LogP contribution is 2.27. The summed E-state index contributed by atoms with van der Waals surface area (Å²) in [6.07, 6.45) is 8.41. The monoisotopic (exact) mass is 375 g/mol. The summed E-state index contributed by atoms with van der Waals surface area (Å²) in [6, 6.07) is 13.1. The summed E-state index contributed by atoms with van der Waals surface area (Å²) in [6.45, 7) is 0.412. The molecule has 0 bridgehead atoms. The van der Waals surface area contributed by atoms with Crippen molar-refractivity contribution in [3.63, 3.8) is 0 Å². The Morgan fingerprint density at radius 3 is 2.54 bits per heavy atom. The third-order valence-corrected chi connectivity index (χ3v) is 4.10. The molecule has 0 unspecified atom stereocenters. The minimum Gasteiger partial charge on any atom is -0.493 e. The van der Waals surface area contributed by atoms with Crippen molar-refractivity contribution in [3.05, 3.63) is 78.3 Å². The molecule has 142 valence electrons. The van der Waals surface area contributed by atoms with E-state index in [2.05, 4.69) is 15.3 Å². The molecule has 2 heterocycles. The van der Waals surface area contributed by atoms with E-state index in [0.717, 1.165) is 22.4 Å². The normalized spacial score (nSPS) is 10.6. The lowest BCUT2D eigenvalue weighted by Crippen LogP contribution is -2.20. The second kappa shape index (κ2) is 9.32. The standard InChI is InChI=1S/C22H21N3O3/c1-27-20-5-3-16(14-21(20)28-2)4-6-22(26)25-15-17-7-12-24-19(13-17)18-8-10-23-11-9-18/h3-14H,15H2,1-2H3,(H,25,26). The molecule has 0 aliphatic carbocycles. The molecule has 0 spiro atoms. The highest BCUT2D eigenvalue weighted by molar-refractivity contribution is 5.91. The lowest BCUT2D eigenvalue weighted by atomic mass is 10.1. The SMILES string of the molecule is COc1ccc(C=CC(=O)NCc2ccnc(-c3ccncc3)c2)cc1OC. The molecule has 3 aromatic rings. The van der Waals surface area contributed by atoms with Crippen molar-refractivity contribution in [1.29, 1.82) is 0 Å². The van der Waals surface area contributed by atoms with Crippen molar-refractivity contribution >= 4 is 12.0 Å². The zero-order valence-corrected chi connectivity index (χ0v) is 15.8. The fourth-order valence-corrected chi connectivity index (χ4v) is 2.64. The van der Waals surface area contributed by atoms with Crippen LogP contribution in [0, 0.1) is 0 Å². The number of methoxy groups -OCH3 is 2. The molecule has 0 saturated carbocycles. The number of aromatic nitrogens is 2. The van der Waals surface area contributed by atoms with Crippen LogP contribution in [0.1, 0.15) is 11.1 Å². The maximum atomic E-state index is 12.1. The van der Waals surface area contributed by atoms with E-state index < -0.39 is 0 Å². The maximum Gasteiger partial charge on any atom is 0.244 e. The third-order valence-electron chi connectivity index (χ3n) is 4.10. The minimum atomic E-state index is -0.183. The molecule has 0 radical (unpaired) electrons. The van der Waals surface area contributed by atoms with Crippen LogP contribution < -0.4 is 14.8 Å². The molecular weight excluding hydrogens is 354 g/mol. The number of pyridine rings is 2. The maximum absolute atomic E-state index is 12.1. The Hall–Kier alpha value is -3.67. The van der Waals surface area contributed by atoms with Gasteiger partial charge >= 0.3 is 0 Å². The molecular formula is C22H21N3O3. The van der Waals surface area contributed by atoms with Gasteiger partial charge in [-0.25, -0.2) is 0 Å². The fraction of sp³-hybridized carbons (Fsp3) is 0.136. The van der Waals surface area contributed by atoms with Gasteiger partial charge in [0.15, 0.2) is 11.5 Å². The number of nitrogens with one attached hydrogen (secondary N) is 1. The topological polar surface area (TPSA) is 73.3 Å². The van der Waals surface area contributed by atoms with E-state index in [9.17, 15) is 4.79 Å². The zero-order valence-electron chi connectivity index (χ0n) is 15.8. The van der Waals surface area contributed by atoms with Gasteiger partial charge in [-0.05, 0) is 53.6 Å². The number of rotatable bonds is 7. The van der Waals surface area contributed by atoms with Crippen molar-refractivity contribution < 1.29 is 14.3 Å². The quantitative estimate of drug-likeness (QED) is 0.640. The first-order valence-corrected chi connectivity index (χ1v) is 8.73. The average Bonchev–Trinajstić information content (AvgIpc) is 2.76. The number of ether oxygens (including phenoxy) is 2. The Balaban J connectivity index is 1.61. The van der Waals surface area contributed by atoms with E-state index in [0.29, 0.717) is 18.0 Å². The van der Waals surface area contributed by atoms with Crippen LogP contribution >= 0.6 is 0 Å². The number of carbonyl (C=O) groups is 1. The molecule has 1 aromatic carbocycles. The van der Waals surface area contributed by atoms with Crippen LogP contribution in [0.25, 0.3) is 17.3 Å². The van der Waals surface area contributed by atoms with Gasteiger partial charge in [-0.2, -0.15) is 0 Å². The largest absolute Gasteiger partial charge is 0.493 e. The van der Waals surface area contributed by atoms with Crippen LogP contribution in [0.4, 0.5) is 0 Å². The Morgan fingerprint density at radius 1 is 1.00 bits per heavy atom. The number of carbonyl (C=O) groups excluding carboxylic acids is 1. The molecule has 2 aromatic heterocycles. The van der Waals surface area contributed by atoms with Crippen molar-refractivity contribution in [2.24, 2.45) is 0 Å². The van der Waals surface area contributed by atoms with E-state index in [1.54, 1.807) is 45.0 Å². The lowest BCUT2D eigenvalue weighted by Gasteiger charge is -2.07. The number of hydrogen-bond acceptors (Lipinski definition) is 5. The van der Waals surface area contributed by atoms with Crippen molar-refractivity contribution in [2.75, 3.05) is 14.2 Å². The molecule has 0 atom stereocenters. The Labute approximate surface area is 163 Å². The Morgan fingerprint density at radius 2 is 1.79 bits per heavy atom. The summed E-state index contributed by atoms with van der Waals surface area (Å²) in [4.78, 5) is 20.5. The Kier molecular flexibility index (Phi) is 6.36. The van der Waals surface area contributed by atoms with E-state index >= 15 is 0 Å². The summed E-state index contributed by atoms with van der Waals surface area (Å²) in [7, 11) is 3.16. The predicted octanol–water partition coefficient (Wildman–Crippen LogP) is 3.49. The molecule has 0 aliphatic heterocycles. The molecule has 0 saturated heterocycles. The predicted molar refractivity (Wildman–Crippen MR) is 108 cm³/mol. The van der Waals surface area contributed by atoms with E-state index in [4.69, 9.17) is 9.47 Å². The first-order valence-electron chi connectivity index (χ1n) is 8.73. The van der Waals surface area contributed by atoms with Crippen LogP contribution in [0.3, 0.4) is 0 Å². The van der Waals surface area contributed by atoms with Crippen molar-refractivity contribution in [2.45, 2.75) is 6.54 Å². The van der Waals surface area contributed by atoms with Crippen molar-refractivity contribution in [3.8, 4) is 22.8 Å². The smallest absolute Gasteiger partial charge is 0.244 e. The molecule has 6 heteroatoms.